The van der Waals surface area contributed by atoms with E-state index in [9.17, 15) is 12.8 Å². The van der Waals surface area contributed by atoms with Gasteiger partial charge in [-0.25, -0.2) is 17.5 Å². The van der Waals surface area contributed by atoms with Crippen molar-refractivity contribution in [3.8, 4) is 0 Å². The number of aromatic amines is 1. The highest BCUT2D eigenvalue weighted by molar-refractivity contribution is 7.89. The number of rotatable bonds is 7. The molecule has 0 bridgehead atoms. The summed E-state index contributed by atoms with van der Waals surface area (Å²) in [6, 6.07) is 4.62. The molecule has 0 spiro atoms. The van der Waals surface area contributed by atoms with Gasteiger partial charge in [0.05, 0.1) is 18.5 Å². The zero-order valence-electron chi connectivity index (χ0n) is 13.3. The van der Waals surface area contributed by atoms with E-state index in [2.05, 4.69) is 15.0 Å². The van der Waals surface area contributed by atoms with Gasteiger partial charge >= 0.3 is 0 Å². The van der Waals surface area contributed by atoms with E-state index in [0.717, 1.165) is 23.0 Å². The Labute approximate surface area is 140 Å². The molecule has 24 heavy (non-hydrogen) atoms. The van der Waals surface area contributed by atoms with Crippen LogP contribution in [-0.2, 0) is 21.2 Å². The topological polar surface area (TPSA) is 83.2 Å². The van der Waals surface area contributed by atoms with Crippen molar-refractivity contribution >= 4 is 20.9 Å². The number of aryl methyl sites for hydroxylation is 1. The van der Waals surface area contributed by atoms with Gasteiger partial charge in [-0.2, -0.15) is 0 Å². The molecule has 6 nitrogen and oxygen atoms in total. The maximum absolute atomic E-state index is 13.3. The van der Waals surface area contributed by atoms with E-state index in [0.29, 0.717) is 32.5 Å². The van der Waals surface area contributed by atoms with Crippen molar-refractivity contribution < 1.29 is 17.5 Å². The second-order valence-electron chi connectivity index (χ2n) is 5.98. The van der Waals surface area contributed by atoms with Crippen molar-refractivity contribution in [1.82, 2.24) is 15.0 Å². The quantitative estimate of drug-likeness (QED) is 0.651. The van der Waals surface area contributed by atoms with Crippen LogP contribution in [0.25, 0.3) is 10.9 Å². The summed E-state index contributed by atoms with van der Waals surface area (Å²) in [5.74, 6) is -0.302. The lowest BCUT2D eigenvalue weighted by Gasteiger charge is -2.23. The number of nitrogens with one attached hydrogen (secondary N) is 3. The van der Waals surface area contributed by atoms with E-state index < -0.39 is 10.0 Å². The van der Waals surface area contributed by atoms with Gasteiger partial charge in [-0.1, -0.05) is 0 Å². The fraction of sp³-hybridized carbons (Fsp3) is 0.500. The van der Waals surface area contributed by atoms with E-state index in [1.165, 1.54) is 12.1 Å². The minimum atomic E-state index is -3.35. The molecule has 0 radical (unpaired) electrons. The fourth-order valence-corrected chi connectivity index (χ4v) is 4.17. The van der Waals surface area contributed by atoms with Crippen LogP contribution in [-0.4, -0.2) is 51.5 Å². The van der Waals surface area contributed by atoms with Gasteiger partial charge < -0.3 is 15.0 Å². The van der Waals surface area contributed by atoms with Crippen LogP contribution in [0.4, 0.5) is 4.39 Å². The van der Waals surface area contributed by atoms with E-state index in [1.54, 1.807) is 6.07 Å². The van der Waals surface area contributed by atoms with E-state index in [1.807, 2.05) is 6.20 Å². The molecule has 2 aromatic rings. The number of aromatic nitrogens is 1. The maximum Gasteiger partial charge on any atom is 0.214 e. The van der Waals surface area contributed by atoms with Gasteiger partial charge in [-0.3, -0.25) is 0 Å². The minimum Gasteiger partial charge on any atom is -0.374 e. The molecule has 8 heteroatoms. The first-order valence-corrected chi connectivity index (χ1v) is 9.74. The van der Waals surface area contributed by atoms with Gasteiger partial charge in [0.2, 0.25) is 10.0 Å². The van der Waals surface area contributed by atoms with E-state index in [-0.39, 0.29) is 17.7 Å². The Bertz CT molecular complexity index is 785. The number of morpholine rings is 1. The second kappa shape index (κ2) is 7.60. The number of sulfonamides is 1. The third-order valence-corrected chi connectivity index (χ3v) is 5.54. The zero-order chi connectivity index (χ0) is 17.0. The second-order valence-corrected chi connectivity index (χ2v) is 7.83. The van der Waals surface area contributed by atoms with Crippen LogP contribution < -0.4 is 10.0 Å². The molecule has 1 aromatic carbocycles. The standard InChI is InChI=1S/C16H22FN3O3S/c17-13-3-4-16-15(8-13)12(9-19-16)2-1-5-20-24(21,22)11-14-10-18-6-7-23-14/h3-4,8-9,14,18-20H,1-2,5-7,10-11H2. The molecule has 3 rings (SSSR count). The molecular weight excluding hydrogens is 333 g/mol. The van der Waals surface area contributed by atoms with E-state index in [4.69, 9.17) is 4.74 Å². The molecule has 1 aromatic heterocycles. The van der Waals surface area contributed by atoms with Gasteiger partial charge in [-0.05, 0) is 36.6 Å². The van der Waals surface area contributed by atoms with Crippen molar-refractivity contribution in [2.24, 2.45) is 0 Å². The van der Waals surface area contributed by atoms with Gasteiger partial charge in [0.15, 0.2) is 0 Å². The van der Waals surface area contributed by atoms with Gasteiger partial charge in [0.25, 0.3) is 0 Å². The number of ether oxygens (including phenoxy) is 1. The largest absolute Gasteiger partial charge is 0.374 e. The van der Waals surface area contributed by atoms with Crippen molar-refractivity contribution in [3.63, 3.8) is 0 Å². The summed E-state index contributed by atoms with van der Waals surface area (Å²) in [6.07, 6.45) is 2.87. The highest BCUT2D eigenvalue weighted by Gasteiger charge is 2.21. The Kier molecular flexibility index (Phi) is 5.50. The number of benzene rings is 1. The molecule has 1 unspecified atom stereocenters. The normalized spacial score (nSPS) is 19.0. The Morgan fingerprint density at radius 1 is 1.38 bits per heavy atom. The van der Waals surface area contributed by atoms with Crippen molar-refractivity contribution in [1.29, 1.82) is 0 Å². The lowest BCUT2D eigenvalue weighted by Crippen LogP contribution is -2.44. The summed E-state index contributed by atoms with van der Waals surface area (Å²) in [4.78, 5) is 3.10. The third-order valence-electron chi connectivity index (χ3n) is 4.08. The molecule has 0 aliphatic carbocycles. The van der Waals surface area contributed by atoms with Crippen LogP contribution in [0.2, 0.25) is 0 Å². The van der Waals surface area contributed by atoms with Crippen LogP contribution in [0.15, 0.2) is 24.4 Å². The Balaban J connectivity index is 1.48. The first-order chi connectivity index (χ1) is 11.5. The number of hydrogen-bond acceptors (Lipinski definition) is 4. The summed E-state index contributed by atoms with van der Waals surface area (Å²) in [5.41, 5.74) is 1.87. The van der Waals surface area contributed by atoms with Crippen molar-refractivity contribution in [3.05, 3.63) is 35.8 Å². The molecule has 1 aliphatic rings. The molecule has 3 N–H and O–H groups in total. The molecule has 0 saturated carbocycles. The Hall–Kier alpha value is -1.48. The van der Waals surface area contributed by atoms with Crippen LogP contribution in [0, 0.1) is 5.82 Å². The predicted molar refractivity (Wildman–Crippen MR) is 91.0 cm³/mol. The number of H-pyrrole nitrogens is 1. The number of hydrogen-bond donors (Lipinski definition) is 3. The summed E-state index contributed by atoms with van der Waals surface area (Å²) < 4.78 is 45.4. The average Bonchev–Trinajstić information content (AvgIpc) is 2.94. The lowest BCUT2D eigenvalue weighted by atomic mass is 10.1. The van der Waals surface area contributed by atoms with Gasteiger partial charge in [0.1, 0.15) is 5.82 Å². The van der Waals surface area contributed by atoms with Gasteiger partial charge in [0, 0.05) is 36.7 Å². The third kappa shape index (κ3) is 4.54. The minimum absolute atomic E-state index is 0.0295. The highest BCUT2D eigenvalue weighted by Crippen LogP contribution is 2.20. The Morgan fingerprint density at radius 3 is 3.04 bits per heavy atom. The average molecular weight is 355 g/mol. The fourth-order valence-electron chi connectivity index (χ4n) is 2.89. The smallest absolute Gasteiger partial charge is 0.214 e. The van der Waals surface area contributed by atoms with Crippen LogP contribution in [0.1, 0.15) is 12.0 Å². The summed E-state index contributed by atoms with van der Waals surface area (Å²) in [5, 5.41) is 3.96. The van der Waals surface area contributed by atoms with Crippen LogP contribution in [0.3, 0.4) is 0 Å². The monoisotopic (exact) mass is 355 g/mol. The van der Waals surface area contributed by atoms with Gasteiger partial charge in [-0.15, -0.1) is 0 Å². The molecule has 132 valence electrons. The molecule has 0 amide bonds. The SMILES string of the molecule is O=S(=O)(CC1CNCCO1)NCCCc1c[nH]c2ccc(F)cc12. The molecule has 1 fully saturated rings. The van der Waals surface area contributed by atoms with Crippen molar-refractivity contribution in [2.45, 2.75) is 18.9 Å². The molecule has 2 heterocycles. The number of fused-ring (bicyclic) bond motifs is 1. The highest BCUT2D eigenvalue weighted by atomic mass is 32.2. The zero-order valence-corrected chi connectivity index (χ0v) is 14.2. The predicted octanol–water partition coefficient (Wildman–Crippen LogP) is 1.15. The Morgan fingerprint density at radius 2 is 2.25 bits per heavy atom. The van der Waals surface area contributed by atoms with Crippen LogP contribution in [0.5, 0.6) is 0 Å². The lowest BCUT2D eigenvalue weighted by molar-refractivity contribution is 0.0429. The van der Waals surface area contributed by atoms with Crippen molar-refractivity contribution in [2.75, 3.05) is 32.0 Å². The molecule has 1 saturated heterocycles. The summed E-state index contributed by atoms with van der Waals surface area (Å²) in [7, 11) is -3.35. The summed E-state index contributed by atoms with van der Waals surface area (Å²) >= 11 is 0. The van der Waals surface area contributed by atoms with Crippen LogP contribution >= 0.6 is 0 Å². The first kappa shape index (κ1) is 17.3. The maximum atomic E-state index is 13.3. The van der Waals surface area contributed by atoms with E-state index >= 15 is 0 Å². The molecule has 1 aliphatic heterocycles. The molecule has 1 atom stereocenters. The first-order valence-electron chi connectivity index (χ1n) is 8.09. The summed E-state index contributed by atoms with van der Waals surface area (Å²) in [6.45, 7) is 2.21. The number of halogens is 1. The molecular formula is C16H22FN3O3S.